The Balaban J connectivity index is 1.87. The molecule has 0 aromatic heterocycles. The van der Waals surface area contributed by atoms with Crippen LogP contribution in [0.2, 0.25) is 0 Å². The van der Waals surface area contributed by atoms with Gasteiger partial charge in [0.1, 0.15) is 0 Å². The number of nitrogens with one attached hydrogen (secondary N) is 1. The number of hydrogen-bond donors (Lipinski definition) is 1. The zero-order chi connectivity index (χ0) is 15.3. The van der Waals surface area contributed by atoms with E-state index in [-0.39, 0.29) is 0 Å². The van der Waals surface area contributed by atoms with Crippen molar-refractivity contribution in [1.29, 1.82) is 0 Å². The lowest BCUT2D eigenvalue weighted by atomic mass is 10.1. The van der Waals surface area contributed by atoms with E-state index in [4.69, 9.17) is 12.2 Å². The fourth-order valence-electron chi connectivity index (χ4n) is 1.86. The highest BCUT2D eigenvalue weighted by Gasteiger charge is 2.29. The third-order valence-corrected chi connectivity index (χ3v) is 3.27. The summed E-state index contributed by atoms with van der Waals surface area (Å²) in [6, 6.07) is 14.8. The van der Waals surface area contributed by atoms with Gasteiger partial charge >= 0.3 is 6.18 Å². The van der Waals surface area contributed by atoms with Crippen LogP contribution in [0.5, 0.6) is 0 Å². The molecule has 0 bridgehead atoms. The summed E-state index contributed by atoms with van der Waals surface area (Å²) in [5, 5.41) is 3.06. The number of benzene rings is 2. The van der Waals surface area contributed by atoms with Crippen molar-refractivity contribution in [1.82, 2.24) is 5.32 Å². The summed E-state index contributed by atoms with van der Waals surface area (Å²) in [7, 11) is 0. The molecular weight excluding hydrogens is 295 g/mol. The van der Waals surface area contributed by atoms with Crippen LogP contribution in [0, 0.1) is 0 Å². The first-order valence-electron chi connectivity index (χ1n) is 6.42. The molecule has 0 saturated heterocycles. The second-order valence-electron chi connectivity index (χ2n) is 4.63. The summed E-state index contributed by atoms with van der Waals surface area (Å²) in [6.45, 7) is 0.420. The zero-order valence-electron chi connectivity index (χ0n) is 11.2. The molecule has 1 N–H and O–H groups in total. The Morgan fingerprint density at radius 3 is 2.10 bits per heavy atom. The molecule has 5 heteroatoms. The van der Waals surface area contributed by atoms with Crippen LogP contribution in [0.4, 0.5) is 13.2 Å². The Bertz CT molecular complexity index is 591. The molecule has 21 heavy (non-hydrogen) atoms. The van der Waals surface area contributed by atoms with E-state index in [0.717, 1.165) is 23.3 Å². The molecule has 0 saturated carbocycles. The molecule has 0 amide bonds. The van der Waals surface area contributed by atoms with Gasteiger partial charge in [0, 0.05) is 13.0 Å². The molecule has 0 radical (unpaired) electrons. The summed E-state index contributed by atoms with van der Waals surface area (Å²) >= 11 is 5.23. The Morgan fingerprint density at radius 1 is 0.905 bits per heavy atom. The van der Waals surface area contributed by atoms with Gasteiger partial charge in [-0.3, -0.25) is 0 Å². The van der Waals surface area contributed by atoms with E-state index in [2.05, 4.69) is 5.32 Å². The minimum atomic E-state index is -4.30. The minimum Gasteiger partial charge on any atom is -0.375 e. The van der Waals surface area contributed by atoms with E-state index in [1.807, 2.05) is 30.3 Å². The van der Waals surface area contributed by atoms with Gasteiger partial charge in [-0.15, -0.1) is 0 Å². The molecule has 0 spiro atoms. The van der Waals surface area contributed by atoms with Crippen molar-refractivity contribution in [3.63, 3.8) is 0 Å². The molecule has 1 nitrogen and oxygen atoms in total. The third-order valence-electron chi connectivity index (χ3n) is 2.98. The minimum absolute atomic E-state index is 0.420. The van der Waals surface area contributed by atoms with Crippen molar-refractivity contribution in [2.24, 2.45) is 0 Å². The van der Waals surface area contributed by atoms with Gasteiger partial charge in [-0.1, -0.05) is 54.7 Å². The Kier molecular flexibility index (Phi) is 4.96. The van der Waals surface area contributed by atoms with Gasteiger partial charge in [0.15, 0.2) is 0 Å². The standard InChI is InChI=1S/C16H14F3NS/c17-16(18,19)14-8-6-13(7-9-14)11-20-15(21)10-12-4-2-1-3-5-12/h1-9H,10-11H2,(H,20,21). The van der Waals surface area contributed by atoms with Crippen LogP contribution >= 0.6 is 12.2 Å². The Morgan fingerprint density at radius 2 is 1.52 bits per heavy atom. The van der Waals surface area contributed by atoms with E-state index in [1.165, 1.54) is 12.1 Å². The van der Waals surface area contributed by atoms with E-state index >= 15 is 0 Å². The number of thiocarbonyl (C=S) groups is 1. The van der Waals surface area contributed by atoms with Crippen molar-refractivity contribution in [2.45, 2.75) is 19.1 Å². The Hall–Kier alpha value is -1.88. The molecule has 0 fully saturated rings. The second-order valence-corrected chi connectivity index (χ2v) is 5.13. The van der Waals surface area contributed by atoms with E-state index in [0.29, 0.717) is 18.0 Å². The van der Waals surface area contributed by atoms with Crippen LogP contribution in [-0.2, 0) is 19.1 Å². The lowest BCUT2D eigenvalue weighted by molar-refractivity contribution is -0.137. The number of hydrogen-bond acceptors (Lipinski definition) is 1. The second kappa shape index (κ2) is 6.72. The average Bonchev–Trinajstić information content (AvgIpc) is 2.46. The summed E-state index contributed by atoms with van der Waals surface area (Å²) in [5.41, 5.74) is 1.22. The van der Waals surface area contributed by atoms with Crippen molar-refractivity contribution < 1.29 is 13.2 Å². The fraction of sp³-hybridized carbons (Fsp3) is 0.188. The van der Waals surface area contributed by atoms with Crippen LogP contribution < -0.4 is 5.32 Å². The highest BCUT2D eigenvalue weighted by Crippen LogP contribution is 2.29. The molecule has 2 aromatic rings. The molecule has 0 heterocycles. The lowest BCUT2D eigenvalue weighted by Gasteiger charge is -2.10. The normalized spacial score (nSPS) is 11.2. The maximum absolute atomic E-state index is 12.4. The molecule has 0 atom stereocenters. The van der Waals surface area contributed by atoms with Gasteiger partial charge in [-0.2, -0.15) is 13.2 Å². The van der Waals surface area contributed by atoms with Crippen LogP contribution in [-0.4, -0.2) is 4.99 Å². The smallest absolute Gasteiger partial charge is 0.375 e. The molecule has 0 aliphatic heterocycles. The highest BCUT2D eigenvalue weighted by molar-refractivity contribution is 7.80. The van der Waals surface area contributed by atoms with Crippen molar-refractivity contribution in [3.8, 4) is 0 Å². The number of halogens is 3. The number of rotatable bonds is 4. The largest absolute Gasteiger partial charge is 0.416 e. The first-order chi connectivity index (χ1) is 9.95. The SMILES string of the molecule is FC(F)(F)c1ccc(CNC(=S)Cc2ccccc2)cc1. The molecule has 110 valence electrons. The molecule has 2 rings (SSSR count). The summed E-state index contributed by atoms with van der Waals surface area (Å²) in [4.78, 5) is 0.668. The maximum atomic E-state index is 12.4. The first kappa shape index (κ1) is 15.5. The zero-order valence-corrected chi connectivity index (χ0v) is 12.0. The van der Waals surface area contributed by atoms with E-state index in [1.54, 1.807) is 0 Å². The van der Waals surface area contributed by atoms with Gasteiger partial charge in [0.25, 0.3) is 0 Å². The van der Waals surface area contributed by atoms with Crippen molar-refractivity contribution in [3.05, 3.63) is 71.3 Å². The van der Waals surface area contributed by atoms with Crippen LogP contribution in [0.3, 0.4) is 0 Å². The molecule has 0 aliphatic carbocycles. The fourth-order valence-corrected chi connectivity index (χ4v) is 2.09. The molecule has 2 aromatic carbocycles. The van der Waals surface area contributed by atoms with Gasteiger partial charge in [-0.25, -0.2) is 0 Å². The predicted octanol–water partition coefficient (Wildman–Crippen LogP) is 4.37. The topological polar surface area (TPSA) is 12.0 Å². The molecule has 0 unspecified atom stereocenters. The predicted molar refractivity (Wildman–Crippen MR) is 81.0 cm³/mol. The summed E-state index contributed by atoms with van der Waals surface area (Å²) in [6.07, 6.45) is -3.68. The average molecular weight is 309 g/mol. The van der Waals surface area contributed by atoms with E-state index in [9.17, 15) is 13.2 Å². The van der Waals surface area contributed by atoms with Crippen LogP contribution in [0.1, 0.15) is 16.7 Å². The monoisotopic (exact) mass is 309 g/mol. The Labute approximate surface area is 126 Å². The quantitative estimate of drug-likeness (QED) is 0.842. The first-order valence-corrected chi connectivity index (χ1v) is 6.83. The molecule has 0 aliphatic rings. The van der Waals surface area contributed by atoms with Gasteiger partial charge < -0.3 is 5.32 Å². The van der Waals surface area contributed by atoms with Crippen LogP contribution in [0.15, 0.2) is 54.6 Å². The maximum Gasteiger partial charge on any atom is 0.416 e. The van der Waals surface area contributed by atoms with E-state index < -0.39 is 11.7 Å². The lowest BCUT2D eigenvalue weighted by Crippen LogP contribution is -2.22. The van der Waals surface area contributed by atoms with Gasteiger partial charge in [0.05, 0.1) is 10.6 Å². The third kappa shape index (κ3) is 4.86. The number of alkyl halides is 3. The van der Waals surface area contributed by atoms with Crippen molar-refractivity contribution in [2.75, 3.05) is 0 Å². The van der Waals surface area contributed by atoms with Crippen molar-refractivity contribution >= 4 is 17.2 Å². The highest BCUT2D eigenvalue weighted by atomic mass is 32.1. The van der Waals surface area contributed by atoms with Gasteiger partial charge in [0.2, 0.25) is 0 Å². The van der Waals surface area contributed by atoms with Gasteiger partial charge in [-0.05, 0) is 23.3 Å². The van der Waals surface area contributed by atoms with Crippen LogP contribution in [0.25, 0.3) is 0 Å². The summed E-state index contributed by atoms with van der Waals surface area (Å²) in [5.74, 6) is 0. The molecular formula is C16H14F3NS. The summed E-state index contributed by atoms with van der Waals surface area (Å²) < 4.78 is 37.3.